The first-order valence-corrected chi connectivity index (χ1v) is 13.6. The van der Waals surface area contributed by atoms with Crippen molar-refractivity contribution in [3.8, 4) is 0 Å². The van der Waals surface area contributed by atoms with Crippen LogP contribution < -0.4 is 9.05 Å². The summed E-state index contributed by atoms with van der Waals surface area (Å²) in [6.45, 7) is 0.182. The van der Waals surface area contributed by atoms with E-state index in [0.29, 0.717) is 37.1 Å². The van der Waals surface area contributed by atoms with Crippen molar-refractivity contribution in [2.45, 2.75) is 23.2 Å². The number of nitrogens with zero attached hydrogens (tertiary/aromatic N) is 2. The van der Waals surface area contributed by atoms with Gasteiger partial charge < -0.3 is 9.66 Å². The lowest BCUT2D eigenvalue weighted by Gasteiger charge is -2.49. The zero-order chi connectivity index (χ0) is 22.1. The summed E-state index contributed by atoms with van der Waals surface area (Å²) in [6, 6.07) is 6.97. The van der Waals surface area contributed by atoms with Crippen molar-refractivity contribution in [1.29, 1.82) is 0 Å². The third-order valence-electron chi connectivity index (χ3n) is 5.46. The van der Waals surface area contributed by atoms with E-state index in [1.165, 1.54) is 34.4 Å². The predicted octanol–water partition coefficient (Wildman–Crippen LogP) is 4.33. The average molecular weight is 536 g/mol. The Hall–Kier alpha value is -1.18. The molecule has 2 unspecified atom stereocenters. The topological polar surface area (TPSA) is 98.4 Å². The van der Waals surface area contributed by atoms with Crippen molar-refractivity contribution in [2.75, 3.05) is 6.54 Å². The van der Waals surface area contributed by atoms with Crippen LogP contribution in [-0.2, 0) is 21.5 Å². The normalized spacial score (nSPS) is 24.1. The highest BCUT2D eigenvalue weighted by Gasteiger charge is 2.60. The lowest BCUT2D eigenvalue weighted by atomic mass is 10.1. The first-order valence-electron chi connectivity index (χ1n) is 8.96. The molecule has 162 valence electrons. The number of rotatable bonds is 4. The van der Waals surface area contributed by atoms with Gasteiger partial charge in [-0.2, -0.15) is 4.57 Å². The summed E-state index contributed by atoms with van der Waals surface area (Å²) in [6.07, 6.45) is 2.05. The summed E-state index contributed by atoms with van der Waals surface area (Å²) in [5.74, 6) is -1.01. The van der Waals surface area contributed by atoms with E-state index in [1.807, 2.05) is 6.07 Å². The Labute approximate surface area is 199 Å². The maximum absolute atomic E-state index is 12.1. The van der Waals surface area contributed by atoms with Gasteiger partial charge in [0.05, 0.1) is 23.9 Å². The molecule has 7 nitrogen and oxygen atoms in total. The third-order valence-corrected chi connectivity index (χ3v) is 10.7. The summed E-state index contributed by atoms with van der Waals surface area (Å²) in [5.41, 5.74) is 1.39. The molecular weight excluding hydrogens is 523 g/mol. The Kier molecular flexibility index (Phi) is 5.18. The van der Waals surface area contributed by atoms with Crippen LogP contribution in [0.3, 0.4) is 0 Å². The molecule has 31 heavy (non-hydrogen) atoms. The Balaban J connectivity index is 1.71. The van der Waals surface area contributed by atoms with E-state index in [9.17, 15) is 22.9 Å². The van der Waals surface area contributed by atoms with E-state index in [-0.39, 0.29) is 17.4 Å². The largest absolute Gasteiger partial charge is 0.743 e. The van der Waals surface area contributed by atoms with Gasteiger partial charge in [-0.05, 0) is 23.9 Å². The average Bonchev–Trinajstić information content (AvgIpc) is 3.23. The van der Waals surface area contributed by atoms with E-state index < -0.39 is 21.5 Å². The Morgan fingerprint density at radius 1 is 1.32 bits per heavy atom. The minimum atomic E-state index is -4.58. The monoisotopic (exact) mass is 535 g/mol. The third kappa shape index (κ3) is 3.42. The van der Waals surface area contributed by atoms with E-state index in [2.05, 4.69) is 0 Å². The van der Waals surface area contributed by atoms with Crippen molar-refractivity contribution in [3.05, 3.63) is 43.7 Å². The molecule has 2 atom stereocenters. The molecule has 5 rings (SSSR count). The van der Waals surface area contributed by atoms with Crippen LogP contribution in [0.2, 0.25) is 9.36 Å². The molecule has 0 saturated carbocycles. The lowest BCUT2D eigenvalue weighted by molar-refractivity contribution is -0.657. The van der Waals surface area contributed by atoms with Crippen molar-refractivity contribution in [3.63, 3.8) is 0 Å². The maximum atomic E-state index is 12.1. The summed E-state index contributed by atoms with van der Waals surface area (Å²) in [7, 11) is -4.58. The SMILES string of the molecule is O=C(O)C[n+]1c(C=C2Sc3ccc(Cl)cc3[N+]23CCC3S(=O)(=O)[O-])sc2sc(Cl)cc21. The summed E-state index contributed by atoms with van der Waals surface area (Å²) < 4.78 is 39.2. The molecule has 0 aliphatic carbocycles. The molecule has 3 aromatic rings. The van der Waals surface area contributed by atoms with Crippen molar-refractivity contribution < 1.29 is 27.4 Å². The number of thiazole rings is 1. The molecule has 1 fully saturated rings. The smallest absolute Gasteiger partial charge is 0.370 e. The molecule has 1 spiro atoms. The molecule has 0 amide bonds. The molecule has 2 aliphatic rings. The van der Waals surface area contributed by atoms with Crippen molar-refractivity contribution in [2.24, 2.45) is 0 Å². The fourth-order valence-electron chi connectivity index (χ4n) is 4.11. The van der Waals surface area contributed by atoms with Crippen molar-refractivity contribution >= 4 is 95.0 Å². The molecule has 1 N–H and O–H groups in total. The van der Waals surface area contributed by atoms with E-state index in [4.69, 9.17) is 23.2 Å². The standard InChI is InChI=1S/C18H12Cl2N2O5S4/c19-9-1-2-12-11(5-9)22(4-3-16(22)31(25,26)27)15(28-12)7-14-21(8-17(23)24)10-6-13(20)29-18(10)30-14/h1-2,5-7,16H,3-4,8H2/p+1. The molecule has 0 bridgehead atoms. The van der Waals surface area contributed by atoms with Gasteiger partial charge in [0, 0.05) is 17.2 Å². The molecule has 13 heteroatoms. The molecule has 2 aliphatic heterocycles. The number of hydrogen-bond donors (Lipinski definition) is 1. The second kappa shape index (κ2) is 7.42. The molecule has 1 aromatic carbocycles. The van der Waals surface area contributed by atoms with Gasteiger partial charge in [0.2, 0.25) is 12.1 Å². The molecule has 2 aromatic heterocycles. The number of aromatic nitrogens is 1. The minimum Gasteiger partial charge on any atom is -0.743 e. The number of thioether (sulfide) groups is 1. The van der Waals surface area contributed by atoms with Crippen LogP contribution in [-0.4, -0.2) is 36.0 Å². The van der Waals surface area contributed by atoms with Crippen LogP contribution in [0.1, 0.15) is 11.4 Å². The zero-order valence-electron chi connectivity index (χ0n) is 15.4. The summed E-state index contributed by atoms with van der Waals surface area (Å²) >= 11 is 16.4. The summed E-state index contributed by atoms with van der Waals surface area (Å²) in [4.78, 5) is 12.3. The highest BCUT2D eigenvalue weighted by molar-refractivity contribution is 8.03. The van der Waals surface area contributed by atoms with Crippen LogP contribution in [0.25, 0.3) is 15.6 Å². The first-order chi connectivity index (χ1) is 14.6. The van der Waals surface area contributed by atoms with Crippen LogP contribution in [0.5, 0.6) is 0 Å². The number of hydrogen-bond acceptors (Lipinski definition) is 7. The maximum Gasteiger partial charge on any atom is 0.370 e. The molecule has 0 radical (unpaired) electrons. The second-order valence-electron chi connectivity index (χ2n) is 7.17. The number of fused-ring (bicyclic) bond motifs is 3. The number of carbonyl (C=O) groups is 1. The van der Waals surface area contributed by atoms with Gasteiger partial charge in [-0.1, -0.05) is 34.5 Å². The van der Waals surface area contributed by atoms with Crippen molar-refractivity contribution in [1.82, 2.24) is 4.48 Å². The zero-order valence-corrected chi connectivity index (χ0v) is 20.2. The van der Waals surface area contributed by atoms with Crippen LogP contribution >= 0.6 is 57.6 Å². The Morgan fingerprint density at radius 3 is 2.74 bits per heavy atom. The molecule has 4 heterocycles. The van der Waals surface area contributed by atoms with Crippen LogP contribution in [0.15, 0.2) is 34.2 Å². The van der Waals surface area contributed by atoms with E-state index in [1.54, 1.807) is 28.8 Å². The Bertz CT molecular complexity index is 1400. The second-order valence-corrected chi connectivity index (χ2v) is 13.2. The number of benzene rings is 1. The molecular formula is C18H13Cl2N2O5S4+. The Morgan fingerprint density at radius 2 is 2.10 bits per heavy atom. The van der Waals surface area contributed by atoms with Crippen LogP contribution in [0.4, 0.5) is 5.69 Å². The minimum absolute atomic E-state index is 0.105. The highest BCUT2D eigenvalue weighted by atomic mass is 35.5. The van der Waals surface area contributed by atoms with Gasteiger partial charge in [0.15, 0.2) is 30.2 Å². The van der Waals surface area contributed by atoms with Gasteiger partial charge in [-0.15, -0.1) is 11.3 Å². The fraction of sp³-hybridized carbons (Fsp3) is 0.222. The summed E-state index contributed by atoms with van der Waals surface area (Å²) in [5, 5.41) is 10.0. The van der Waals surface area contributed by atoms with Crippen LogP contribution in [0, 0.1) is 0 Å². The number of carboxylic acids is 1. The van der Waals surface area contributed by atoms with E-state index in [0.717, 1.165) is 8.91 Å². The number of quaternary nitrogens is 1. The predicted molar refractivity (Wildman–Crippen MR) is 123 cm³/mol. The van der Waals surface area contributed by atoms with Gasteiger partial charge in [0.25, 0.3) is 5.01 Å². The highest BCUT2D eigenvalue weighted by Crippen LogP contribution is 2.58. The quantitative estimate of drug-likeness (QED) is 0.303. The van der Waals surface area contributed by atoms with E-state index >= 15 is 0 Å². The van der Waals surface area contributed by atoms with Gasteiger partial charge >= 0.3 is 5.97 Å². The number of aliphatic carboxylic acids is 1. The number of carboxylic acid groups (broad SMARTS) is 1. The fourth-order valence-corrected chi connectivity index (χ4v) is 9.62. The first kappa shape index (κ1) is 21.7. The lowest BCUT2D eigenvalue weighted by Crippen LogP contribution is -2.66. The van der Waals surface area contributed by atoms with Gasteiger partial charge in [-0.3, -0.25) is 0 Å². The van der Waals surface area contributed by atoms with Gasteiger partial charge in [0.1, 0.15) is 4.34 Å². The number of thiophene rings is 1. The van der Waals surface area contributed by atoms with Gasteiger partial charge in [-0.25, -0.2) is 17.7 Å². The number of halogens is 2. The molecule has 1 saturated heterocycles.